The molecule has 0 radical (unpaired) electrons. The van der Waals surface area contributed by atoms with Crippen LogP contribution in [0.5, 0.6) is 0 Å². The van der Waals surface area contributed by atoms with Crippen LogP contribution in [0.4, 0.5) is 15.8 Å². The summed E-state index contributed by atoms with van der Waals surface area (Å²) >= 11 is 4.41. The maximum absolute atomic E-state index is 12.9. The van der Waals surface area contributed by atoms with Crippen LogP contribution in [0.3, 0.4) is 0 Å². The number of carbonyl (C=O) groups excluding carboxylic acids is 1. The molecule has 0 aliphatic heterocycles. The Labute approximate surface area is 119 Å². The van der Waals surface area contributed by atoms with E-state index >= 15 is 0 Å². The van der Waals surface area contributed by atoms with E-state index < -0.39 is 22.3 Å². The van der Waals surface area contributed by atoms with E-state index in [1.807, 2.05) is 0 Å². The molecule has 0 aliphatic rings. The molecule has 0 saturated carbocycles. The Balaban J connectivity index is 2.28. The first kappa shape index (κ1) is 13.6. The first-order valence-corrected chi connectivity index (χ1v) is 6.59. The lowest BCUT2D eigenvalue weighted by molar-refractivity contribution is -0.384. The quantitative estimate of drug-likeness (QED) is 0.679. The van der Waals surface area contributed by atoms with Crippen LogP contribution in [0.2, 0.25) is 0 Å². The van der Waals surface area contributed by atoms with Gasteiger partial charge in [-0.3, -0.25) is 14.9 Å². The van der Waals surface area contributed by atoms with Crippen LogP contribution in [0.15, 0.2) is 34.1 Å². The summed E-state index contributed by atoms with van der Waals surface area (Å²) in [5, 5.41) is 13.2. The first-order valence-electron chi connectivity index (χ1n) is 4.98. The summed E-state index contributed by atoms with van der Waals surface area (Å²) in [6, 6.07) is 6.25. The van der Waals surface area contributed by atoms with Crippen molar-refractivity contribution >= 4 is 44.5 Å². The van der Waals surface area contributed by atoms with Crippen LogP contribution in [0, 0.1) is 15.9 Å². The summed E-state index contributed by atoms with van der Waals surface area (Å²) < 4.78 is 13.7. The van der Waals surface area contributed by atoms with Gasteiger partial charge >= 0.3 is 0 Å². The molecule has 0 aliphatic carbocycles. The summed E-state index contributed by atoms with van der Waals surface area (Å²) in [5.41, 5.74) is -0.523. The Morgan fingerprint density at radius 1 is 1.37 bits per heavy atom. The highest BCUT2D eigenvalue weighted by Crippen LogP contribution is 2.27. The summed E-state index contributed by atoms with van der Waals surface area (Å²) in [6.07, 6.45) is 0. The van der Waals surface area contributed by atoms with Crippen LogP contribution >= 0.6 is 27.3 Å². The molecule has 0 spiro atoms. The lowest BCUT2D eigenvalue weighted by Crippen LogP contribution is -2.11. The number of nitrogens with zero attached hydrogens (tertiary/aromatic N) is 1. The van der Waals surface area contributed by atoms with Crippen molar-refractivity contribution in [2.24, 2.45) is 0 Å². The first-order chi connectivity index (χ1) is 8.97. The molecular formula is C11H6BrFN2O3S. The highest BCUT2D eigenvalue weighted by molar-refractivity contribution is 9.11. The van der Waals surface area contributed by atoms with Crippen LogP contribution in [-0.2, 0) is 0 Å². The highest BCUT2D eigenvalue weighted by Gasteiger charge is 2.18. The Bertz CT molecular complexity index is 659. The minimum absolute atomic E-state index is 0.0408. The number of nitro groups is 1. The second-order valence-corrected chi connectivity index (χ2v) is 5.94. The van der Waals surface area contributed by atoms with E-state index in [-0.39, 0.29) is 5.69 Å². The molecule has 0 atom stereocenters. The van der Waals surface area contributed by atoms with Crippen molar-refractivity contribution in [1.82, 2.24) is 0 Å². The largest absolute Gasteiger partial charge is 0.316 e. The van der Waals surface area contributed by atoms with Crippen LogP contribution in [0.1, 0.15) is 9.67 Å². The van der Waals surface area contributed by atoms with Gasteiger partial charge in [-0.15, -0.1) is 11.3 Å². The van der Waals surface area contributed by atoms with Crippen LogP contribution in [0.25, 0.3) is 0 Å². The van der Waals surface area contributed by atoms with Crippen molar-refractivity contribution in [2.75, 3.05) is 5.32 Å². The predicted molar refractivity (Wildman–Crippen MR) is 73.0 cm³/mol. The van der Waals surface area contributed by atoms with Gasteiger partial charge in [-0.1, -0.05) is 0 Å². The van der Waals surface area contributed by atoms with Gasteiger partial charge in [-0.2, -0.15) is 0 Å². The predicted octanol–water partition coefficient (Wildman–Crippen LogP) is 3.81. The Kier molecular flexibility index (Phi) is 3.91. The molecule has 19 heavy (non-hydrogen) atoms. The number of amides is 1. The summed E-state index contributed by atoms with van der Waals surface area (Å²) in [5.74, 6) is -1.21. The standard InChI is InChI=1S/C11H6BrFN2O3S/c12-10-4-3-9(19-10)11(16)14-7-2-1-6(13)5-8(7)15(17)18/h1-5H,(H,14,16). The number of halogens is 2. The van der Waals surface area contributed by atoms with Crippen molar-refractivity contribution in [3.63, 3.8) is 0 Å². The minimum Gasteiger partial charge on any atom is -0.316 e. The Morgan fingerprint density at radius 2 is 2.11 bits per heavy atom. The van der Waals surface area contributed by atoms with E-state index in [2.05, 4.69) is 21.2 Å². The van der Waals surface area contributed by atoms with E-state index in [0.717, 1.165) is 22.0 Å². The second-order valence-electron chi connectivity index (χ2n) is 3.48. The van der Waals surface area contributed by atoms with Gasteiger partial charge in [0, 0.05) is 0 Å². The fourth-order valence-corrected chi connectivity index (χ4v) is 2.66. The van der Waals surface area contributed by atoms with Crippen LogP contribution in [-0.4, -0.2) is 10.8 Å². The van der Waals surface area contributed by atoms with E-state index in [9.17, 15) is 19.3 Å². The molecule has 1 aromatic heterocycles. The van der Waals surface area contributed by atoms with Gasteiger partial charge in [0.25, 0.3) is 11.6 Å². The summed E-state index contributed by atoms with van der Waals surface area (Å²) in [4.78, 5) is 22.3. The van der Waals surface area contributed by atoms with Gasteiger partial charge in [0.05, 0.1) is 19.7 Å². The maximum atomic E-state index is 12.9. The normalized spacial score (nSPS) is 10.2. The highest BCUT2D eigenvalue weighted by atomic mass is 79.9. The van der Waals surface area contributed by atoms with Crippen molar-refractivity contribution in [2.45, 2.75) is 0 Å². The lowest BCUT2D eigenvalue weighted by atomic mass is 10.2. The monoisotopic (exact) mass is 344 g/mol. The molecule has 1 heterocycles. The molecule has 8 heteroatoms. The number of anilines is 1. The Hall–Kier alpha value is -1.80. The summed E-state index contributed by atoms with van der Waals surface area (Å²) in [7, 11) is 0. The van der Waals surface area contributed by atoms with Gasteiger partial charge in [0.1, 0.15) is 11.5 Å². The number of thiophene rings is 1. The third kappa shape index (κ3) is 3.15. The number of benzene rings is 1. The molecule has 1 amide bonds. The minimum atomic E-state index is -0.747. The molecule has 0 saturated heterocycles. The van der Waals surface area contributed by atoms with Gasteiger partial charge in [0.15, 0.2) is 0 Å². The number of hydrogen-bond donors (Lipinski definition) is 1. The molecular weight excluding hydrogens is 339 g/mol. The molecule has 98 valence electrons. The third-order valence-corrected chi connectivity index (χ3v) is 3.82. The number of nitrogens with one attached hydrogen (secondary N) is 1. The zero-order chi connectivity index (χ0) is 14.0. The molecule has 2 aromatic rings. The molecule has 2 rings (SSSR count). The zero-order valence-corrected chi connectivity index (χ0v) is 11.6. The molecule has 0 bridgehead atoms. The van der Waals surface area contributed by atoms with E-state index in [0.29, 0.717) is 4.88 Å². The van der Waals surface area contributed by atoms with E-state index in [4.69, 9.17) is 0 Å². The van der Waals surface area contributed by atoms with Gasteiger partial charge in [0.2, 0.25) is 0 Å². The van der Waals surface area contributed by atoms with Crippen molar-refractivity contribution < 1.29 is 14.1 Å². The maximum Gasteiger partial charge on any atom is 0.295 e. The van der Waals surface area contributed by atoms with Gasteiger partial charge < -0.3 is 5.32 Å². The number of nitro benzene ring substituents is 1. The smallest absolute Gasteiger partial charge is 0.295 e. The van der Waals surface area contributed by atoms with Crippen molar-refractivity contribution in [3.05, 3.63) is 54.9 Å². The van der Waals surface area contributed by atoms with Crippen molar-refractivity contribution in [1.29, 1.82) is 0 Å². The average molecular weight is 345 g/mol. The third-order valence-electron chi connectivity index (χ3n) is 2.20. The SMILES string of the molecule is O=C(Nc1ccc(F)cc1[N+](=O)[O-])c1ccc(Br)s1. The number of carbonyl (C=O) groups is 1. The number of rotatable bonds is 3. The van der Waals surface area contributed by atoms with Crippen molar-refractivity contribution in [3.8, 4) is 0 Å². The fraction of sp³-hybridized carbons (Fsp3) is 0. The second kappa shape index (κ2) is 5.45. The average Bonchev–Trinajstić information content (AvgIpc) is 2.78. The lowest BCUT2D eigenvalue weighted by Gasteiger charge is -2.04. The van der Waals surface area contributed by atoms with Gasteiger partial charge in [-0.05, 0) is 40.2 Å². The van der Waals surface area contributed by atoms with E-state index in [1.165, 1.54) is 11.3 Å². The fourth-order valence-electron chi connectivity index (χ4n) is 1.38. The molecule has 0 unspecified atom stereocenters. The number of hydrogen-bond acceptors (Lipinski definition) is 4. The Morgan fingerprint density at radius 3 is 2.68 bits per heavy atom. The van der Waals surface area contributed by atoms with E-state index in [1.54, 1.807) is 12.1 Å². The van der Waals surface area contributed by atoms with Gasteiger partial charge in [-0.25, -0.2) is 4.39 Å². The molecule has 5 nitrogen and oxygen atoms in total. The zero-order valence-electron chi connectivity index (χ0n) is 9.22. The topological polar surface area (TPSA) is 72.2 Å². The molecule has 1 aromatic carbocycles. The molecule has 1 N–H and O–H groups in total. The molecule has 0 fully saturated rings. The summed E-state index contributed by atoms with van der Waals surface area (Å²) in [6.45, 7) is 0. The van der Waals surface area contributed by atoms with Crippen LogP contribution < -0.4 is 5.32 Å².